The van der Waals surface area contributed by atoms with Gasteiger partial charge in [0.2, 0.25) is 6.29 Å². The van der Waals surface area contributed by atoms with E-state index in [0.717, 1.165) is 17.7 Å². The van der Waals surface area contributed by atoms with Crippen LogP contribution in [0.1, 0.15) is 22.3 Å². The molecule has 0 radical (unpaired) electrons. The quantitative estimate of drug-likeness (QED) is 0.288. The second kappa shape index (κ2) is 9.50. The van der Waals surface area contributed by atoms with Gasteiger partial charge in [-0.1, -0.05) is 12.1 Å². The average molecular weight is 436 g/mol. The first-order chi connectivity index (χ1) is 14.7. The van der Waals surface area contributed by atoms with Gasteiger partial charge in [-0.2, -0.15) is 0 Å². The van der Waals surface area contributed by atoms with Crippen LogP contribution in [-0.2, 0) is 11.2 Å². The minimum absolute atomic E-state index is 0.0475. The molecular formula is C21H24O10. The molecule has 168 valence electrons. The van der Waals surface area contributed by atoms with Gasteiger partial charge in [-0.3, -0.25) is 4.79 Å². The molecule has 0 aliphatic carbocycles. The van der Waals surface area contributed by atoms with Crippen molar-refractivity contribution < 1.29 is 50.0 Å². The highest BCUT2D eigenvalue weighted by molar-refractivity contribution is 6.01. The fourth-order valence-corrected chi connectivity index (χ4v) is 3.30. The Hall–Kier alpha value is -2.89. The minimum Gasteiger partial charge on any atom is -0.508 e. The number of carbonyl (C=O) groups is 1. The van der Waals surface area contributed by atoms with Crippen LogP contribution in [0.3, 0.4) is 0 Å². The maximum absolute atomic E-state index is 12.8. The summed E-state index contributed by atoms with van der Waals surface area (Å²) in [5.74, 6) is -1.74. The molecule has 0 saturated carbocycles. The standard InChI is InChI=1S/C21H24O10/c22-9-16-18(27)19(28)20(29)21(31-16)30-15-8-12(24)7-14(26)17(15)13(25)6-3-10-1-4-11(23)5-2-10/h1-2,4-5,7-8,16,18-24,26-29H,3,6,9H2/t16-,18-,19+,20+,21+/m1/s1. The largest absolute Gasteiger partial charge is 0.508 e. The third-order valence-electron chi connectivity index (χ3n) is 5.01. The number of phenolic OH excluding ortho intramolecular Hbond substituents is 3. The van der Waals surface area contributed by atoms with Crippen molar-refractivity contribution in [3.63, 3.8) is 0 Å². The average Bonchev–Trinajstić information content (AvgIpc) is 2.73. The van der Waals surface area contributed by atoms with Crippen molar-refractivity contribution in [2.45, 2.75) is 43.5 Å². The highest BCUT2D eigenvalue weighted by Crippen LogP contribution is 2.36. The molecule has 31 heavy (non-hydrogen) atoms. The summed E-state index contributed by atoms with van der Waals surface area (Å²) in [6, 6.07) is 8.23. The fraction of sp³-hybridized carbons (Fsp3) is 0.381. The number of rotatable bonds is 7. The van der Waals surface area contributed by atoms with Crippen LogP contribution in [-0.4, -0.2) is 78.8 Å². The van der Waals surface area contributed by atoms with Crippen molar-refractivity contribution in [2.24, 2.45) is 0 Å². The molecule has 1 heterocycles. The Labute approximate surface area is 177 Å². The van der Waals surface area contributed by atoms with E-state index in [4.69, 9.17) is 9.47 Å². The zero-order chi connectivity index (χ0) is 22.7. The molecule has 3 rings (SSSR count). The Morgan fingerprint density at radius 1 is 0.935 bits per heavy atom. The van der Waals surface area contributed by atoms with Crippen molar-refractivity contribution in [3.05, 3.63) is 47.5 Å². The SMILES string of the molecule is O=C(CCc1ccc(O)cc1)c1c(O)cc(O)cc1O[C@H]1O[C@H](CO)[C@@H](O)[C@H](O)[C@@H]1O. The summed E-state index contributed by atoms with van der Waals surface area (Å²) in [6.07, 6.45) is -7.61. The lowest BCUT2D eigenvalue weighted by Crippen LogP contribution is -2.60. The number of phenols is 3. The van der Waals surface area contributed by atoms with Crippen molar-refractivity contribution in [3.8, 4) is 23.0 Å². The smallest absolute Gasteiger partial charge is 0.229 e. The summed E-state index contributed by atoms with van der Waals surface area (Å²) in [5.41, 5.74) is 0.495. The van der Waals surface area contributed by atoms with Crippen molar-refractivity contribution in [1.29, 1.82) is 0 Å². The van der Waals surface area contributed by atoms with Gasteiger partial charge in [-0.25, -0.2) is 0 Å². The van der Waals surface area contributed by atoms with E-state index in [1.807, 2.05) is 0 Å². The molecule has 2 aromatic rings. The number of hydrogen-bond acceptors (Lipinski definition) is 10. The van der Waals surface area contributed by atoms with Crippen LogP contribution >= 0.6 is 0 Å². The van der Waals surface area contributed by atoms with Gasteiger partial charge in [0, 0.05) is 18.6 Å². The summed E-state index contributed by atoms with van der Waals surface area (Å²) in [4.78, 5) is 12.8. The zero-order valence-electron chi connectivity index (χ0n) is 16.3. The first-order valence-electron chi connectivity index (χ1n) is 9.55. The van der Waals surface area contributed by atoms with Gasteiger partial charge in [0.05, 0.1) is 6.61 Å². The van der Waals surface area contributed by atoms with Gasteiger partial charge < -0.3 is 45.2 Å². The third kappa shape index (κ3) is 5.06. The fourth-order valence-electron chi connectivity index (χ4n) is 3.30. The first-order valence-corrected chi connectivity index (χ1v) is 9.55. The Bertz CT molecular complexity index is 911. The van der Waals surface area contributed by atoms with Crippen LogP contribution in [0.15, 0.2) is 36.4 Å². The highest BCUT2D eigenvalue weighted by atomic mass is 16.7. The molecule has 0 unspecified atom stereocenters. The van der Waals surface area contributed by atoms with Crippen LogP contribution < -0.4 is 4.74 Å². The van der Waals surface area contributed by atoms with E-state index in [1.165, 1.54) is 12.1 Å². The molecule has 0 aromatic heterocycles. The lowest BCUT2D eigenvalue weighted by atomic mass is 9.99. The molecule has 0 spiro atoms. The molecule has 0 bridgehead atoms. The lowest BCUT2D eigenvalue weighted by Gasteiger charge is -2.39. The van der Waals surface area contributed by atoms with Crippen molar-refractivity contribution in [1.82, 2.24) is 0 Å². The van der Waals surface area contributed by atoms with Gasteiger partial charge in [0.1, 0.15) is 53.0 Å². The van der Waals surface area contributed by atoms with Crippen molar-refractivity contribution >= 4 is 5.78 Å². The van der Waals surface area contributed by atoms with E-state index in [-0.39, 0.29) is 23.5 Å². The monoisotopic (exact) mass is 436 g/mol. The van der Waals surface area contributed by atoms with Crippen LogP contribution in [0.5, 0.6) is 23.0 Å². The number of carbonyl (C=O) groups excluding carboxylic acids is 1. The van der Waals surface area contributed by atoms with E-state index in [2.05, 4.69) is 0 Å². The van der Waals surface area contributed by atoms with Gasteiger partial charge in [-0.15, -0.1) is 0 Å². The molecule has 0 amide bonds. The van der Waals surface area contributed by atoms with E-state index < -0.39 is 54.6 Å². The number of benzene rings is 2. The van der Waals surface area contributed by atoms with Crippen LogP contribution in [0.4, 0.5) is 0 Å². The van der Waals surface area contributed by atoms with E-state index in [0.29, 0.717) is 6.42 Å². The Morgan fingerprint density at radius 2 is 1.61 bits per heavy atom. The number of hydrogen-bond donors (Lipinski definition) is 7. The second-order valence-electron chi connectivity index (χ2n) is 7.24. The number of ether oxygens (including phenoxy) is 2. The number of aliphatic hydroxyl groups is 4. The summed E-state index contributed by atoms with van der Waals surface area (Å²) in [5, 5.41) is 68.6. The molecule has 1 aliphatic rings. The number of ketones is 1. The van der Waals surface area contributed by atoms with Crippen LogP contribution in [0.2, 0.25) is 0 Å². The Morgan fingerprint density at radius 3 is 2.26 bits per heavy atom. The van der Waals surface area contributed by atoms with E-state index in [1.54, 1.807) is 12.1 Å². The number of aliphatic hydroxyl groups excluding tert-OH is 4. The molecule has 10 nitrogen and oxygen atoms in total. The van der Waals surface area contributed by atoms with Gasteiger partial charge in [0.25, 0.3) is 0 Å². The number of aryl methyl sites for hydroxylation is 1. The van der Waals surface area contributed by atoms with Gasteiger partial charge >= 0.3 is 0 Å². The summed E-state index contributed by atoms with van der Waals surface area (Å²) >= 11 is 0. The number of aromatic hydroxyl groups is 3. The zero-order valence-corrected chi connectivity index (χ0v) is 16.3. The van der Waals surface area contributed by atoms with Crippen molar-refractivity contribution in [2.75, 3.05) is 6.61 Å². The molecule has 2 aromatic carbocycles. The maximum atomic E-state index is 12.8. The van der Waals surface area contributed by atoms with Gasteiger partial charge in [-0.05, 0) is 24.1 Å². The Balaban J connectivity index is 1.82. The first kappa shape index (κ1) is 22.8. The number of Topliss-reactive ketones (excluding diaryl/α,β-unsaturated/α-hetero) is 1. The Kier molecular flexibility index (Phi) is 6.98. The molecular weight excluding hydrogens is 412 g/mol. The predicted molar refractivity (Wildman–Crippen MR) is 105 cm³/mol. The molecule has 1 fully saturated rings. The van der Waals surface area contributed by atoms with Gasteiger partial charge in [0.15, 0.2) is 5.78 Å². The van der Waals surface area contributed by atoms with E-state index >= 15 is 0 Å². The van der Waals surface area contributed by atoms with Crippen LogP contribution in [0, 0.1) is 0 Å². The summed E-state index contributed by atoms with van der Waals surface area (Å²) in [6.45, 7) is -0.672. The third-order valence-corrected chi connectivity index (χ3v) is 5.01. The van der Waals surface area contributed by atoms with Crippen LogP contribution in [0.25, 0.3) is 0 Å². The normalized spacial score (nSPS) is 25.9. The minimum atomic E-state index is -1.73. The van der Waals surface area contributed by atoms with E-state index in [9.17, 15) is 40.5 Å². The lowest BCUT2D eigenvalue weighted by molar-refractivity contribution is -0.277. The molecule has 1 aliphatic heterocycles. The molecule has 7 N–H and O–H groups in total. The second-order valence-corrected chi connectivity index (χ2v) is 7.24. The molecule has 5 atom stereocenters. The maximum Gasteiger partial charge on any atom is 0.229 e. The summed E-state index contributed by atoms with van der Waals surface area (Å²) < 4.78 is 10.7. The summed E-state index contributed by atoms with van der Waals surface area (Å²) in [7, 11) is 0. The topological polar surface area (TPSA) is 177 Å². The highest BCUT2D eigenvalue weighted by Gasteiger charge is 2.45. The molecule has 10 heteroatoms. The molecule has 1 saturated heterocycles. The predicted octanol–water partition coefficient (Wildman–Crippen LogP) is -0.202.